The molecule has 5 rings (SSSR count). The molecule has 0 aliphatic carbocycles. The second-order valence-electron chi connectivity index (χ2n) is 10.6. The first-order valence-corrected chi connectivity index (χ1v) is 12.6. The molecule has 1 aromatic heterocycles. The fourth-order valence-electron chi connectivity index (χ4n) is 4.86. The van der Waals surface area contributed by atoms with Crippen LogP contribution in [0.2, 0.25) is 0 Å². The number of carbonyl (C=O) groups excluding carboxylic acids is 1. The number of morpholine rings is 1. The number of halogens is 1. The maximum absolute atomic E-state index is 13.8. The zero-order valence-electron chi connectivity index (χ0n) is 21.3. The van der Waals surface area contributed by atoms with Crippen molar-refractivity contribution in [3.8, 4) is 0 Å². The Labute approximate surface area is 212 Å². The van der Waals surface area contributed by atoms with Crippen molar-refractivity contribution < 1.29 is 13.9 Å². The molecule has 0 N–H and O–H groups in total. The first-order chi connectivity index (χ1) is 17.3. The number of fused-ring (bicyclic) bond motifs is 1. The molecule has 188 valence electrons. The van der Waals surface area contributed by atoms with E-state index in [1.807, 2.05) is 35.2 Å². The van der Waals surface area contributed by atoms with Gasteiger partial charge in [0, 0.05) is 43.6 Å². The van der Waals surface area contributed by atoms with Gasteiger partial charge >= 0.3 is 0 Å². The van der Waals surface area contributed by atoms with E-state index in [9.17, 15) is 9.18 Å². The van der Waals surface area contributed by atoms with Crippen LogP contribution in [0.1, 0.15) is 59.3 Å². The van der Waals surface area contributed by atoms with Crippen LogP contribution in [0.25, 0.3) is 0 Å². The van der Waals surface area contributed by atoms with Gasteiger partial charge in [-0.1, -0.05) is 45.0 Å². The van der Waals surface area contributed by atoms with Crippen LogP contribution in [0.4, 0.5) is 10.2 Å². The molecule has 1 saturated heterocycles. The molecule has 6 nitrogen and oxygen atoms in total. The summed E-state index contributed by atoms with van der Waals surface area (Å²) in [5.41, 5.74) is 4.77. The molecule has 2 aromatic carbocycles. The van der Waals surface area contributed by atoms with Crippen molar-refractivity contribution in [1.29, 1.82) is 0 Å². The molecule has 0 unspecified atom stereocenters. The molecule has 7 heteroatoms. The Balaban J connectivity index is 1.43. The highest BCUT2D eigenvalue weighted by Gasteiger charge is 2.29. The van der Waals surface area contributed by atoms with Gasteiger partial charge in [0.15, 0.2) is 0 Å². The summed E-state index contributed by atoms with van der Waals surface area (Å²) in [5.74, 6) is 1.31. The molecule has 0 atom stereocenters. The maximum atomic E-state index is 13.8. The van der Waals surface area contributed by atoms with Crippen molar-refractivity contribution in [1.82, 2.24) is 14.9 Å². The second kappa shape index (κ2) is 9.97. The summed E-state index contributed by atoms with van der Waals surface area (Å²) < 4.78 is 19.3. The standard InChI is InChI=1S/C29H33FN4O2/c1-29(2,3)22-9-7-21(8-10-22)28(35)34-12-11-25-24(19-34)27(33-13-15-36-16-14-33)32-26(31-25)18-20-5-4-6-23(30)17-20/h4-10,17H,11-16,18-19H2,1-3H3. The average Bonchev–Trinajstić information content (AvgIpc) is 2.88. The van der Waals surface area contributed by atoms with Crippen LogP contribution in [0.5, 0.6) is 0 Å². The highest BCUT2D eigenvalue weighted by molar-refractivity contribution is 5.94. The molecule has 3 aromatic rings. The molecule has 0 saturated carbocycles. The summed E-state index contributed by atoms with van der Waals surface area (Å²) in [6.07, 6.45) is 1.13. The van der Waals surface area contributed by atoms with E-state index in [-0.39, 0.29) is 17.1 Å². The lowest BCUT2D eigenvalue weighted by Crippen LogP contribution is -2.41. The zero-order valence-corrected chi connectivity index (χ0v) is 21.3. The predicted octanol–water partition coefficient (Wildman–Crippen LogP) is 4.54. The molecule has 0 radical (unpaired) electrons. The van der Waals surface area contributed by atoms with Crippen molar-refractivity contribution in [2.24, 2.45) is 0 Å². The number of benzene rings is 2. The minimum absolute atomic E-state index is 0.0258. The lowest BCUT2D eigenvalue weighted by atomic mass is 9.86. The molecule has 0 bridgehead atoms. The lowest BCUT2D eigenvalue weighted by molar-refractivity contribution is 0.0732. The minimum atomic E-state index is -0.261. The third-order valence-electron chi connectivity index (χ3n) is 6.93. The van der Waals surface area contributed by atoms with E-state index >= 15 is 0 Å². The van der Waals surface area contributed by atoms with E-state index in [0.29, 0.717) is 50.5 Å². The van der Waals surface area contributed by atoms with Gasteiger partial charge < -0.3 is 14.5 Å². The molecule has 2 aliphatic rings. The number of hydrogen-bond donors (Lipinski definition) is 0. The average molecular weight is 489 g/mol. The van der Waals surface area contributed by atoms with E-state index in [2.05, 4.69) is 25.7 Å². The van der Waals surface area contributed by atoms with Gasteiger partial charge in [0.05, 0.1) is 25.5 Å². The van der Waals surface area contributed by atoms with Crippen LogP contribution in [-0.4, -0.2) is 53.6 Å². The summed E-state index contributed by atoms with van der Waals surface area (Å²) in [6.45, 7) is 10.3. The van der Waals surface area contributed by atoms with Crippen LogP contribution in [0, 0.1) is 5.82 Å². The van der Waals surface area contributed by atoms with Gasteiger partial charge in [0.2, 0.25) is 0 Å². The first-order valence-electron chi connectivity index (χ1n) is 12.6. The zero-order chi connectivity index (χ0) is 25.3. The molecular formula is C29H33FN4O2. The number of amides is 1. The number of aromatic nitrogens is 2. The monoisotopic (exact) mass is 488 g/mol. The highest BCUT2D eigenvalue weighted by atomic mass is 19.1. The number of hydrogen-bond acceptors (Lipinski definition) is 5. The summed E-state index contributed by atoms with van der Waals surface area (Å²) >= 11 is 0. The van der Waals surface area contributed by atoms with E-state index < -0.39 is 0 Å². The quantitative estimate of drug-likeness (QED) is 0.540. The Morgan fingerprint density at radius 1 is 1.03 bits per heavy atom. The number of rotatable bonds is 4. The van der Waals surface area contributed by atoms with Gasteiger partial charge in [0.25, 0.3) is 5.91 Å². The van der Waals surface area contributed by atoms with Crippen LogP contribution < -0.4 is 4.90 Å². The fourth-order valence-corrected chi connectivity index (χ4v) is 4.86. The van der Waals surface area contributed by atoms with Crippen LogP contribution in [-0.2, 0) is 29.5 Å². The molecule has 1 amide bonds. The molecule has 36 heavy (non-hydrogen) atoms. The van der Waals surface area contributed by atoms with Gasteiger partial charge in [-0.2, -0.15) is 0 Å². The highest BCUT2D eigenvalue weighted by Crippen LogP contribution is 2.29. The van der Waals surface area contributed by atoms with Gasteiger partial charge in [-0.05, 0) is 40.8 Å². The van der Waals surface area contributed by atoms with Crippen LogP contribution in [0.15, 0.2) is 48.5 Å². The predicted molar refractivity (Wildman–Crippen MR) is 138 cm³/mol. The van der Waals surface area contributed by atoms with Crippen LogP contribution in [0.3, 0.4) is 0 Å². The Kier molecular flexibility index (Phi) is 6.75. The Bertz CT molecular complexity index is 1250. The van der Waals surface area contributed by atoms with Crippen molar-refractivity contribution in [2.45, 2.75) is 45.6 Å². The summed E-state index contributed by atoms with van der Waals surface area (Å²) in [7, 11) is 0. The van der Waals surface area contributed by atoms with Crippen molar-refractivity contribution >= 4 is 11.7 Å². The van der Waals surface area contributed by atoms with E-state index in [4.69, 9.17) is 14.7 Å². The summed E-state index contributed by atoms with van der Waals surface area (Å²) in [4.78, 5) is 27.3. The molecule has 1 fully saturated rings. The van der Waals surface area contributed by atoms with Crippen molar-refractivity contribution in [3.63, 3.8) is 0 Å². The number of ether oxygens (including phenoxy) is 1. The molecule has 0 spiro atoms. The smallest absolute Gasteiger partial charge is 0.254 e. The lowest BCUT2D eigenvalue weighted by Gasteiger charge is -2.34. The Morgan fingerprint density at radius 3 is 2.47 bits per heavy atom. The van der Waals surface area contributed by atoms with E-state index in [1.165, 1.54) is 17.7 Å². The topological polar surface area (TPSA) is 58.6 Å². The summed E-state index contributed by atoms with van der Waals surface area (Å²) in [6, 6.07) is 14.5. The largest absolute Gasteiger partial charge is 0.378 e. The molecule has 2 aliphatic heterocycles. The van der Waals surface area contributed by atoms with Crippen molar-refractivity contribution in [3.05, 3.63) is 88.1 Å². The Morgan fingerprint density at radius 2 is 1.78 bits per heavy atom. The molecular weight excluding hydrogens is 455 g/mol. The second-order valence-corrected chi connectivity index (χ2v) is 10.6. The normalized spacial score (nSPS) is 16.1. The first kappa shape index (κ1) is 24.4. The number of carbonyl (C=O) groups is 1. The number of nitrogens with zero attached hydrogens (tertiary/aromatic N) is 4. The number of anilines is 1. The third-order valence-corrected chi connectivity index (χ3v) is 6.93. The van der Waals surface area contributed by atoms with Gasteiger partial charge in [0.1, 0.15) is 17.5 Å². The van der Waals surface area contributed by atoms with E-state index in [0.717, 1.165) is 35.7 Å². The third kappa shape index (κ3) is 5.26. The van der Waals surface area contributed by atoms with Crippen LogP contribution >= 0.6 is 0 Å². The minimum Gasteiger partial charge on any atom is -0.378 e. The maximum Gasteiger partial charge on any atom is 0.254 e. The summed E-state index contributed by atoms with van der Waals surface area (Å²) in [5, 5.41) is 0. The van der Waals surface area contributed by atoms with E-state index in [1.54, 1.807) is 6.07 Å². The fraction of sp³-hybridized carbons (Fsp3) is 0.414. The van der Waals surface area contributed by atoms with Crippen molar-refractivity contribution in [2.75, 3.05) is 37.7 Å². The van der Waals surface area contributed by atoms with Gasteiger partial charge in [-0.3, -0.25) is 4.79 Å². The van der Waals surface area contributed by atoms with Gasteiger partial charge in [-0.25, -0.2) is 14.4 Å². The van der Waals surface area contributed by atoms with Gasteiger partial charge in [-0.15, -0.1) is 0 Å². The molecule has 3 heterocycles. The Hall–Kier alpha value is -3.32. The SMILES string of the molecule is CC(C)(C)c1ccc(C(=O)N2CCc3nc(Cc4cccc(F)c4)nc(N4CCOCC4)c3C2)cc1.